The Morgan fingerprint density at radius 3 is 2.71 bits per heavy atom. The maximum Gasteiger partial charge on any atom is 0.336 e. The van der Waals surface area contributed by atoms with Crippen molar-refractivity contribution in [1.82, 2.24) is 29.4 Å². The molecule has 2 aromatic carbocycles. The molecule has 1 atom stereocenters. The number of imidazole rings is 1. The van der Waals surface area contributed by atoms with Crippen molar-refractivity contribution in [2.45, 2.75) is 25.3 Å². The summed E-state index contributed by atoms with van der Waals surface area (Å²) in [6.45, 7) is 7.78. The zero-order valence-corrected chi connectivity index (χ0v) is 21.8. The smallest absolute Gasteiger partial charge is 0.336 e. The third-order valence-corrected chi connectivity index (χ3v) is 7.79. The summed E-state index contributed by atoms with van der Waals surface area (Å²) in [6, 6.07) is 15.5. The zero-order chi connectivity index (χ0) is 26.1. The van der Waals surface area contributed by atoms with Crippen LogP contribution < -0.4 is 9.64 Å². The number of fused-ring (bicyclic) bond motifs is 2. The first-order valence-corrected chi connectivity index (χ1v) is 13.3. The van der Waals surface area contributed by atoms with Gasteiger partial charge in [0, 0.05) is 38.6 Å². The van der Waals surface area contributed by atoms with Crippen LogP contribution in [0.2, 0.25) is 0 Å². The zero-order valence-electron chi connectivity index (χ0n) is 21.8. The van der Waals surface area contributed by atoms with Gasteiger partial charge in [-0.3, -0.25) is 4.79 Å². The van der Waals surface area contributed by atoms with E-state index >= 15 is 0 Å². The summed E-state index contributed by atoms with van der Waals surface area (Å²) in [5.41, 5.74) is 2.90. The summed E-state index contributed by atoms with van der Waals surface area (Å²) >= 11 is 0. The van der Waals surface area contributed by atoms with E-state index in [4.69, 9.17) is 19.8 Å². The van der Waals surface area contributed by atoms with Gasteiger partial charge in [-0.05, 0) is 48.8 Å². The Morgan fingerprint density at radius 1 is 1.11 bits per heavy atom. The number of carbonyl (C=O) groups excluding carboxylic acids is 1. The van der Waals surface area contributed by atoms with Gasteiger partial charge in [0.15, 0.2) is 11.5 Å². The highest BCUT2D eigenvalue weighted by molar-refractivity contribution is 5.87. The average Bonchev–Trinajstić information content (AvgIpc) is 3.56. The number of carbonyl (C=O) groups is 1. The summed E-state index contributed by atoms with van der Waals surface area (Å²) in [6.07, 6.45) is 6.24. The molecule has 4 aromatic rings. The van der Waals surface area contributed by atoms with Crippen LogP contribution in [0.5, 0.6) is 6.01 Å². The van der Waals surface area contributed by atoms with Crippen molar-refractivity contribution in [3.63, 3.8) is 0 Å². The molecule has 0 saturated carbocycles. The molecular weight excluding hydrogens is 478 g/mol. The van der Waals surface area contributed by atoms with Crippen molar-refractivity contribution < 1.29 is 9.53 Å². The van der Waals surface area contributed by atoms with Crippen LogP contribution in [-0.4, -0.2) is 87.7 Å². The van der Waals surface area contributed by atoms with Crippen LogP contribution in [-0.2, 0) is 11.2 Å². The molecule has 2 aliphatic heterocycles. The van der Waals surface area contributed by atoms with Crippen molar-refractivity contribution >= 4 is 28.1 Å². The number of ether oxygens (including phenoxy) is 1. The number of likely N-dealkylation sites (N-methyl/N-ethyl adjacent to an activating group) is 1. The van der Waals surface area contributed by atoms with E-state index in [0.29, 0.717) is 56.9 Å². The molecule has 9 nitrogen and oxygen atoms in total. The number of nitrogens with zero attached hydrogens (tertiary/aromatic N) is 7. The lowest BCUT2D eigenvalue weighted by molar-refractivity contribution is -0.126. The number of aromatic nitrogens is 4. The van der Waals surface area contributed by atoms with Gasteiger partial charge in [0.1, 0.15) is 6.61 Å². The van der Waals surface area contributed by atoms with E-state index in [0.717, 1.165) is 24.5 Å². The van der Waals surface area contributed by atoms with Crippen molar-refractivity contribution in [2.75, 3.05) is 51.3 Å². The second-order valence-electron chi connectivity index (χ2n) is 10.1. The predicted molar refractivity (Wildman–Crippen MR) is 148 cm³/mol. The van der Waals surface area contributed by atoms with Gasteiger partial charge in [-0.2, -0.15) is 4.98 Å². The van der Waals surface area contributed by atoms with Crippen LogP contribution in [0.25, 0.3) is 16.4 Å². The second kappa shape index (κ2) is 10.4. The molecule has 38 heavy (non-hydrogen) atoms. The minimum absolute atomic E-state index is 0.0413. The molecule has 9 heteroatoms. The van der Waals surface area contributed by atoms with Crippen LogP contribution in [0.4, 0.5) is 5.82 Å². The fourth-order valence-corrected chi connectivity index (χ4v) is 5.56. The minimum atomic E-state index is -0.0413. The molecule has 196 valence electrons. The van der Waals surface area contributed by atoms with Crippen molar-refractivity contribution in [1.29, 1.82) is 0 Å². The van der Waals surface area contributed by atoms with E-state index < -0.39 is 0 Å². The standard InChI is InChI=1S/C29H33N7O2/c1-3-26(37)34-14-16-35(17-15-34)28-27-30-19-24(18-22-10-6-9-21-8-4-5-12-25(21)22)36(27)32-29(31-28)38-20-23-11-7-13-33(23)2/h3-6,8-10,12,19,23H,1,7,11,13-18,20H2,2H3. The Labute approximate surface area is 222 Å². The van der Waals surface area contributed by atoms with Crippen molar-refractivity contribution in [2.24, 2.45) is 0 Å². The number of hydrogen-bond acceptors (Lipinski definition) is 7. The third kappa shape index (κ3) is 4.69. The van der Waals surface area contributed by atoms with Gasteiger partial charge >= 0.3 is 6.01 Å². The van der Waals surface area contributed by atoms with Crippen molar-refractivity contribution in [3.05, 3.63) is 72.6 Å². The third-order valence-electron chi connectivity index (χ3n) is 7.79. The predicted octanol–water partition coefficient (Wildman–Crippen LogP) is 3.18. The van der Waals surface area contributed by atoms with Gasteiger partial charge in [-0.1, -0.05) is 49.0 Å². The monoisotopic (exact) mass is 511 g/mol. The molecule has 1 unspecified atom stereocenters. The highest BCUT2D eigenvalue weighted by Crippen LogP contribution is 2.26. The van der Waals surface area contributed by atoms with Crippen LogP contribution in [0.3, 0.4) is 0 Å². The van der Waals surface area contributed by atoms with Crippen LogP contribution >= 0.6 is 0 Å². The largest absolute Gasteiger partial charge is 0.461 e. The number of amides is 1. The van der Waals surface area contributed by atoms with E-state index in [9.17, 15) is 4.79 Å². The molecule has 2 aliphatic rings. The molecule has 0 radical (unpaired) electrons. The van der Waals surface area contributed by atoms with Crippen LogP contribution in [0.15, 0.2) is 61.3 Å². The van der Waals surface area contributed by atoms with Crippen molar-refractivity contribution in [3.8, 4) is 6.01 Å². The molecule has 4 heterocycles. The lowest BCUT2D eigenvalue weighted by Crippen LogP contribution is -2.48. The molecule has 0 bridgehead atoms. The highest BCUT2D eigenvalue weighted by Gasteiger charge is 2.26. The summed E-state index contributed by atoms with van der Waals surface area (Å²) in [5.74, 6) is 0.699. The fourth-order valence-electron chi connectivity index (χ4n) is 5.56. The number of hydrogen-bond donors (Lipinski definition) is 0. The Balaban J connectivity index is 1.34. The molecule has 2 fully saturated rings. The lowest BCUT2D eigenvalue weighted by atomic mass is 10.0. The Bertz CT molecular complexity index is 1470. The fraction of sp³-hybridized carbons (Fsp3) is 0.379. The molecule has 6 rings (SSSR count). The Morgan fingerprint density at radius 2 is 1.92 bits per heavy atom. The van der Waals surface area contributed by atoms with Gasteiger partial charge in [0.05, 0.1) is 11.9 Å². The maximum atomic E-state index is 12.1. The van der Waals surface area contributed by atoms with Crippen LogP contribution in [0.1, 0.15) is 24.1 Å². The van der Waals surface area contributed by atoms with E-state index in [1.807, 2.05) is 15.6 Å². The van der Waals surface area contributed by atoms with Gasteiger partial charge in [0.25, 0.3) is 0 Å². The Hall–Kier alpha value is -3.98. The van der Waals surface area contributed by atoms with Gasteiger partial charge in [-0.15, -0.1) is 5.10 Å². The average molecular weight is 512 g/mol. The SMILES string of the molecule is C=CC(=O)N1CCN(c2nc(OCC3CCCN3C)nn3c(Cc4cccc5ccccc45)cnc23)CC1. The topological polar surface area (TPSA) is 79.1 Å². The number of piperazine rings is 1. The molecule has 1 amide bonds. The first-order valence-electron chi connectivity index (χ1n) is 13.3. The molecule has 0 N–H and O–H groups in total. The lowest BCUT2D eigenvalue weighted by Gasteiger charge is -2.34. The van der Waals surface area contributed by atoms with Gasteiger partial charge in [0.2, 0.25) is 5.91 Å². The summed E-state index contributed by atoms with van der Waals surface area (Å²) in [7, 11) is 2.14. The normalized spacial score (nSPS) is 18.4. The van der Waals surface area contributed by atoms with E-state index in [2.05, 4.69) is 65.9 Å². The molecule has 2 saturated heterocycles. The number of rotatable bonds is 7. The highest BCUT2D eigenvalue weighted by atomic mass is 16.5. The quantitative estimate of drug-likeness (QED) is 0.353. The van der Waals surface area contributed by atoms with Gasteiger partial charge in [-0.25, -0.2) is 9.50 Å². The molecule has 0 aliphatic carbocycles. The number of benzene rings is 2. The first-order chi connectivity index (χ1) is 18.6. The van der Waals surface area contributed by atoms with Gasteiger partial charge < -0.3 is 19.4 Å². The first kappa shape index (κ1) is 24.4. The van der Waals surface area contributed by atoms with Crippen LogP contribution in [0, 0.1) is 0 Å². The molecular formula is C29H33N7O2. The number of anilines is 1. The van der Waals surface area contributed by atoms with E-state index in [1.54, 1.807) is 0 Å². The summed E-state index contributed by atoms with van der Waals surface area (Å²) in [5, 5.41) is 7.25. The molecule has 0 spiro atoms. The summed E-state index contributed by atoms with van der Waals surface area (Å²) < 4.78 is 8.09. The maximum absolute atomic E-state index is 12.1. The minimum Gasteiger partial charge on any atom is -0.461 e. The summed E-state index contributed by atoms with van der Waals surface area (Å²) in [4.78, 5) is 28.0. The molecule has 2 aromatic heterocycles. The second-order valence-corrected chi connectivity index (χ2v) is 10.1. The Kier molecular flexibility index (Phi) is 6.68. The van der Waals surface area contributed by atoms with E-state index in [-0.39, 0.29) is 5.91 Å². The van der Waals surface area contributed by atoms with E-state index in [1.165, 1.54) is 28.8 Å². The number of likely N-dealkylation sites (tertiary alicyclic amines) is 1.